The average Bonchev–Trinajstić information content (AvgIpc) is 2.09. The molecule has 3 heteroatoms. The maximum atomic E-state index is 11.3. The molecule has 0 aliphatic rings. The third kappa shape index (κ3) is 3.16. The fourth-order valence-corrected chi connectivity index (χ4v) is 1.88. The summed E-state index contributed by atoms with van der Waals surface area (Å²) in [6.45, 7) is 3.94. The van der Waals surface area contributed by atoms with Crippen LogP contribution in [-0.4, -0.2) is 6.16 Å². The van der Waals surface area contributed by atoms with Gasteiger partial charge in [0, 0.05) is 0 Å². The smallest absolute Gasteiger partial charge is 0.254 e. The van der Waals surface area contributed by atoms with E-state index in [2.05, 4.69) is 0 Å². The van der Waals surface area contributed by atoms with Gasteiger partial charge in [0.05, 0.1) is 0 Å². The van der Waals surface area contributed by atoms with Gasteiger partial charge in [-0.15, -0.1) is 0 Å². The van der Waals surface area contributed by atoms with Gasteiger partial charge >= 0.3 is 8.03 Å². The summed E-state index contributed by atoms with van der Waals surface area (Å²) < 4.78 is 16.6. The first-order valence-corrected chi connectivity index (χ1v) is 5.78. The second-order valence-corrected chi connectivity index (χ2v) is 4.21. The number of hydrogen-bond acceptors (Lipinski definition) is 2. The largest absolute Gasteiger partial charge is 0.556 e. The van der Waals surface area contributed by atoms with E-state index in [0.717, 1.165) is 17.7 Å². The zero-order chi connectivity index (χ0) is 9.68. The first kappa shape index (κ1) is 10.2. The van der Waals surface area contributed by atoms with Gasteiger partial charge in [-0.25, -0.2) is 0 Å². The van der Waals surface area contributed by atoms with Crippen molar-refractivity contribution in [2.24, 2.45) is 0 Å². The zero-order valence-corrected chi connectivity index (χ0v) is 8.88. The maximum Gasteiger partial charge on any atom is 0.556 e. The van der Waals surface area contributed by atoms with Crippen molar-refractivity contribution < 1.29 is 9.09 Å². The van der Waals surface area contributed by atoms with Gasteiger partial charge in [-0.1, -0.05) is 25.1 Å². The average molecular weight is 197 g/mol. The molecule has 1 aromatic carbocycles. The Hall–Kier alpha value is -0.880. The van der Waals surface area contributed by atoms with E-state index in [1.165, 1.54) is 0 Å². The zero-order valence-electron chi connectivity index (χ0n) is 7.99. The summed E-state index contributed by atoms with van der Waals surface area (Å²) in [4.78, 5) is 0. The highest BCUT2D eigenvalue weighted by Crippen LogP contribution is 2.29. The molecule has 13 heavy (non-hydrogen) atoms. The highest BCUT2D eigenvalue weighted by Gasteiger charge is 2.17. The molecule has 1 rings (SSSR count). The van der Waals surface area contributed by atoms with Gasteiger partial charge < -0.3 is 0 Å². The molecule has 0 aliphatic carbocycles. The number of para-hydroxylation sites is 1. The lowest BCUT2D eigenvalue weighted by molar-refractivity contribution is 0.502. The van der Waals surface area contributed by atoms with Crippen LogP contribution in [0.2, 0.25) is 0 Å². The van der Waals surface area contributed by atoms with Crippen LogP contribution in [0.3, 0.4) is 0 Å². The third-order valence-corrected chi connectivity index (χ3v) is 2.91. The van der Waals surface area contributed by atoms with Crippen LogP contribution in [-0.2, 0) is 4.57 Å². The van der Waals surface area contributed by atoms with E-state index in [-0.39, 0.29) is 0 Å². The lowest BCUT2D eigenvalue weighted by atomic mass is 10.2. The van der Waals surface area contributed by atoms with Crippen molar-refractivity contribution in [2.75, 3.05) is 6.16 Å². The van der Waals surface area contributed by atoms with Crippen molar-refractivity contribution in [3.63, 3.8) is 0 Å². The summed E-state index contributed by atoms with van der Waals surface area (Å²) >= 11 is 0. The highest BCUT2D eigenvalue weighted by atomic mass is 31.1. The Morgan fingerprint density at radius 3 is 2.69 bits per heavy atom. The molecule has 1 aromatic rings. The van der Waals surface area contributed by atoms with Crippen molar-refractivity contribution in [3.05, 3.63) is 29.8 Å². The third-order valence-electron chi connectivity index (χ3n) is 1.70. The SMILES string of the molecule is CCC[P+](=O)Oc1ccccc1C. The van der Waals surface area contributed by atoms with Crippen LogP contribution in [0.4, 0.5) is 0 Å². The Balaban J connectivity index is 2.63. The quantitative estimate of drug-likeness (QED) is 0.690. The Labute approximate surface area is 79.8 Å². The molecule has 1 unspecified atom stereocenters. The Morgan fingerprint density at radius 2 is 2.08 bits per heavy atom. The molecule has 0 heterocycles. The van der Waals surface area contributed by atoms with Crippen LogP contribution in [0.25, 0.3) is 0 Å². The molecule has 70 valence electrons. The van der Waals surface area contributed by atoms with Crippen LogP contribution in [0.15, 0.2) is 24.3 Å². The summed E-state index contributed by atoms with van der Waals surface area (Å²) in [5, 5.41) is 0. The van der Waals surface area contributed by atoms with E-state index in [9.17, 15) is 4.57 Å². The molecule has 0 N–H and O–H groups in total. The van der Waals surface area contributed by atoms with E-state index in [0.29, 0.717) is 6.16 Å². The minimum atomic E-state index is -1.52. The molecule has 1 atom stereocenters. The minimum Gasteiger partial charge on any atom is -0.254 e. The van der Waals surface area contributed by atoms with Crippen molar-refractivity contribution in [1.29, 1.82) is 0 Å². The van der Waals surface area contributed by atoms with Crippen molar-refractivity contribution >= 4 is 8.03 Å². The first-order chi connectivity index (χ1) is 6.24. The van der Waals surface area contributed by atoms with Crippen LogP contribution < -0.4 is 4.52 Å². The Bertz CT molecular complexity index is 297. The molecule has 0 saturated heterocycles. The van der Waals surface area contributed by atoms with E-state index in [1.807, 2.05) is 38.1 Å². The van der Waals surface area contributed by atoms with Crippen molar-refractivity contribution in [1.82, 2.24) is 0 Å². The predicted octanol–water partition coefficient (Wildman–Crippen LogP) is 3.53. The number of rotatable bonds is 4. The normalized spacial score (nSPS) is 11.1. The Kier molecular flexibility index (Phi) is 3.91. The summed E-state index contributed by atoms with van der Waals surface area (Å²) in [5.74, 6) is 0.733. The van der Waals surface area contributed by atoms with Gasteiger partial charge in [-0.05, 0) is 29.5 Å². The second-order valence-electron chi connectivity index (χ2n) is 2.91. The van der Waals surface area contributed by atoms with Gasteiger partial charge in [0.25, 0.3) is 0 Å². The number of aryl methyl sites for hydroxylation is 1. The Morgan fingerprint density at radius 1 is 1.38 bits per heavy atom. The van der Waals surface area contributed by atoms with Gasteiger partial charge in [0.15, 0.2) is 11.9 Å². The molecular formula is C10H14O2P+. The topological polar surface area (TPSA) is 26.3 Å². The van der Waals surface area contributed by atoms with Crippen LogP contribution in [0.5, 0.6) is 5.75 Å². The minimum absolute atomic E-state index is 0.629. The molecule has 0 bridgehead atoms. The number of hydrogen-bond donors (Lipinski definition) is 0. The summed E-state index contributed by atoms with van der Waals surface area (Å²) in [6.07, 6.45) is 1.52. The molecule has 0 aliphatic heterocycles. The van der Waals surface area contributed by atoms with Gasteiger partial charge in [-0.2, -0.15) is 0 Å². The monoisotopic (exact) mass is 197 g/mol. The van der Waals surface area contributed by atoms with E-state index in [1.54, 1.807) is 0 Å². The molecule has 0 saturated carbocycles. The summed E-state index contributed by atoms with van der Waals surface area (Å²) in [7, 11) is -1.52. The number of benzene rings is 1. The predicted molar refractivity (Wildman–Crippen MR) is 54.6 cm³/mol. The van der Waals surface area contributed by atoms with Crippen molar-refractivity contribution in [2.45, 2.75) is 20.3 Å². The molecular weight excluding hydrogens is 183 g/mol. The van der Waals surface area contributed by atoms with Crippen LogP contribution in [0.1, 0.15) is 18.9 Å². The highest BCUT2D eigenvalue weighted by molar-refractivity contribution is 7.39. The molecule has 0 amide bonds. The fraction of sp³-hybridized carbons (Fsp3) is 0.400. The second kappa shape index (κ2) is 4.98. The molecule has 0 spiro atoms. The van der Waals surface area contributed by atoms with Gasteiger partial charge in [0.2, 0.25) is 0 Å². The van der Waals surface area contributed by atoms with Gasteiger partial charge in [0.1, 0.15) is 0 Å². The summed E-state index contributed by atoms with van der Waals surface area (Å²) in [5.41, 5.74) is 1.03. The van der Waals surface area contributed by atoms with Crippen LogP contribution >= 0.6 is 8.03 Å². The summed E-state index contributed by atoms with van der Waals surface area (Å²) in [6, 6.07) is 7.62. The lowest BCUT2D eigenvalue weighted by Gasteiger charge is -1.96. The fourth-order valence-electron chi connectivity index (χ4n) is 0.997. The van der Waals surface area contributed by atoms with Crippen LogP contribution in [0, 0.1) is 6.92 Å². The maximum absolute atomic E-state index is 11.3. The van der Waals surface area contributed by atoms with E-state index >= 15 is 0 Å². The molecule has 0 fully saturated rings. The molecule has 0 radical (unpaired) electrons. The molecule has 2 nitrogen and oxygen atoms in total. The standard InChI is InChI=1S/C10H14O2P/c1-3-8-13(11)12-10-7-5-4-6-9(10)2/h4-7H,3,8H2,1-2H3/q+1. The lowest BCUT2D eigenvalue weighted by Crippen LogP contribution is -1.87. The van der Waals surface area contributed by atoms with Gasteiger partial charge in [-0.3, -0.25) is 4.52 Å². The molecule has 0 aromatic heterocycles. The van der Waals surface area contributed by atoms with Crippen molar-refractivity contribution in [3.8, 4) is 5.75 Å². The van der Waals surface area contributed by atoms with E-state index in [4.69, 9.17) is 4.52 Å². The van der Waals surface area contributed by atoms with E-state index < -0.39 is 8.03 Å². The first-order valence-electron chi connectivity index (χ1n) is 4.42.